The van der Waals surface area contributed by atoms with Crippen molar-refractivity contribution in [2.24, 2.45) is 7.05 Å². The molecule has 1 fully saturated rings. The molecule has 10 nitrogen and oxygen atoms in total. The lowest BCUT2D eigenvalue weighted by Crippen LogP contribution is -2.38. The normalized spacial score (nSPS) is 14.3. The van der Waals surface area contributed by atoms with Gasteiger partial charge in [0, 0.05) is 51.1 Å². The first-order valence-corrected chi connectivity index (χ1v) is 10.5. The Labute approximate surface area is 185 Å². The molecule has 1 saturated heterocycles. The fraction of sp³-hybridized carbons (Fsp3) is 0.364. The molecular weight excluding hydrogens is 412 g/mol. The number of nitrogens with zero attached hydrogens (tertiary/aromatic N) is 5. The standard InChI is InChI=1S/C22H26N6O4/c1-26-16-19(15-23-26)28-6-5-21(29)20(25-28)14-17-3-2-4-18(13-17)24-22(30)32-12-9-27-7-10-31-11-8-27/h2-6,13,15-16H,7-12,14H2,1H3,(H,24,30). The molecule has 10 heteroatoms. The van der Waals surface area contributed by atoms with E-state index in [1.807, 2.05) is 31.4 Å². The summed E-state index contributed by atoms with van der Waals surface area (Å²) in [6.07, 6.45) is 4.94. The van der Waals surface area contributed by atoms with E-state index in [1.54, 1.807) is 27.8 Å². The zero-order chi connectivity index (χ0) is 22.3. The van der Waals surface area contributed by atoms with Crippen LogP contribution in [-0.4, -0.2) is 70.0 Å². The minimum Gasteiger partial charge on any atom is -0.448 e. The summed E-state index contributed by atoms with van der Waals surface area (Å²) in [6, 6.07) is 8.78. The van der Waals surface area contributed by atoms with Crippen molar-refractivity contribution in [2.45, 2.75) is 6.42 Å². The summed E-state index contributed by atoms with van der Waals surface area (Å²) in [5.74, 6) is 0. The average Bonchev–Trinajstić information content (AvgIpc) is 3.22. The first-order chi connectivity index (χ1) is 15.6. The maximum atomic E-state index is 12.3. The summed E-state index contributed by atoms with van der Waals surface area (Å²) in [5, 5.41) is 11.3. The molecule has 1 aliphatic rings. The molecule has 2 aromatic heterocycles. The number of morpholine rings is 1. The van der Waals surface area contributed by atoms with Gasteiger partial charge in [0.2, 0.25) is 5.43 Å². The second-order valence-electron chi connectivity index (χ2n) is 7.54. The van der Waals surface area contributed by atoms with Crippen LogP contribution in [0.25, 0.3) is 5.69 Å². The van der Waals surface area contributed by atoms with E-state index in [0.29, 0.717) is 44.2 Å². The van der Waals surface area contributed by atoms with Gasteiger partial charge in [0.25, 0.3) is 0 Å². The van der Waals surface area contributed by atoms with Crippen molar-refractivity contribution in [2.75, 3.05) is 44.8 Å². The molecule has 0 aliphatic carbocycles. The van der Waals surface area contributed by atoms with Gasteiger partial charge in [-0.1, -0.05) is 12.1 Å². The highest BCUT2D eigenvalue weighted by atomic mass is 16.5. The van der Waals surface area contributed by atoms with Crippen LogP contribution in [-0.2, 0) is 22.9 Å². The second-order valence-corrected chi connectivity index (χ2v) is 7.54. The molecule has 0 unspecified atom stereocenters. The molecule has 0 spiro atoms. The number of carbonyl (C=O) groups is 1. The Bertz CT molecular complexity index is 1120. The van der Waals surface area contributed by atoms with Crippen LogP contribution in [0.4, 0.5) is 10.5 Å². The fourth-order valence-electron chi connectivity index (χ4n) is 3.44. The lowest BCUT2D eigenvalue weighted by Gasteiger charge is -2.26. The zero-order valence-corrected chi connectivity index (χ0v) is 17.9. The van der Waals surface area contributed by atoms with Crippen LogP contribution in [0.3, 0.4) is 0 Å². The molecule has 1 N–H and O–H groups in total. The number of aryl methyl sites for hydroxylation is 1. The maximum absolute atomic E-state index is 12.3. The van der Waals surface area contributed by atoms with Crippen LogP contribution in [0.1, 0.15) is 11.3 Å². The van der Waals surface area contributed by atoms with E-state index in [0.717, 1.165) is 24.3 Å². The van der Waals surface area contributed by atoms with Crippen LogP contribution in [0.2, 0.25) is 0 Å². The highest BCUT2D eigenvalue weighted by Crippen LogP contribution is 2.14. The highest BCUT2D eigenvalue weighted by Gasteiger charge is 2.12. The van der Waals surface area contributed by atoms with E-state index in [1.165, 1.54) is 6.07 Å². The van der Waals surface area contributed by atoms with Crippen molar-refractivity contribution >= 4 is 11.8 Å². The maximum Gasteiger partial charge on any atom is 0.411 e. The monoisotopic (exact) mass is 438 g/mol. The Morgan fingerprint density at radius 3 is 2.88 bits per heavy atom. The summed E-state index contributed by atoms with van der Waals surface area (Å²) in [7, 11) is 1.82. The number of aromatic nitrogens is 4. The van der Waals surface area contributed by atoms with Crippen molar-refractivity contribution < 1.29 is 14.3 Å². The first kappa shape index (κ1) is 21.7. The second kappa shape index (κ2) is 10.2. The number of amides is 1. The van der Waals surface area contributed by atoms with Crippen molar-refractivity contribution in [1.82, 2.24) is 24.5 Å². The topological polar surface area (TPSA) is 104 Å². The van der Waals surface area contributed by atoms with Gasteiger partial charge in [0.05, 0.1) is 25.6 Å². The van der Waals surface area contributed by atoms with E-state index in [9.17, 15) is 9.59 Å². The predicted molar refractivity (Wildman–Crippen MR) is 118 cm³/mol. The number of hydrogen-bond acceptors (Lipinski definition) is 7. The quantitative estimate of drug-likeness (QED) is 0.595. The number of rotatable bonds is 7. The van der Waals surface area contributed by atoms with Gasteiger partial charge in [-0.3, -0.25) is 19.7 Å². The fourth-order valence-corrected chi connectivity index (χ4v) is 3.44. The Hall–Kier alpha value is -3.50. The van der Waals surface area contributed by atoms with Gasteiger partial charge in [-0.05, 0) is 17.7 Å². The number of benzene rings is 1. The SMILES string of the molecule is Cn1cc(-n2ccc(=O)c(Cc3cccc(NC(=O)OCCN4CCOCC4)c3)n2)cn1. The molecular formula is C22H26N6O4. The largest absolute Gasteiger partial charge is 0.448 e. The van der Waals surface area contributed by atoms with Gasteiger partial charge >= 0.3 is 6.09 Å². The Morgan fingerprint density at radius 2 is 2.09 bits per heavy atom. The third-order valence-corrected chi connectivity index (χ3v) is 5.13. The van der Waals surface area contributed by atoms with Crippen LogP contribution >= 0.6 is 0 Å². The molecule has 0 radical (unpaired) electrons. The summed E-state index contributed by atoms with van der Waals surface area (Å²) < 4.78 is 13.9. The number of ether oxygens (including phenoxy) is 2. The third-order valence-electron chi connectivity index (χ3n) is 5.13. The summed E-state index contributed by atoms with van der Waals surface area (Å²) in [5.41, 5.74) is 2.48. The Kier molecular flexibility index (Phi) is 6.93. The smallest absolute Gasteiger partial charge is 0.411 e. The van der Waals surface area contributed by atoms with Crippen molar-refractivity contribution in [1.29, 1.82) is 0 Å². The molecule has 1 amide bonds. The lowest BCUT2D eigenvalue weighted by atomic mass is 10.1. The van der Waals surface area contributed by atoms with Crippen molar-refractivity contribution in [3.05, 3.63) is 70.4 Å². The van der Waals surface area contributed by atoms with Gasteiger partial charge in [-0.25, -0.2) is 9.48 Å². The average molecular weight is 438 g/mol. The predicted octanol–water partition coefficient (Wildman–Crippen LogP) is 1.44. The number of nitrogens with one attached hydrogen (secondary N) is 1. The van der Waals surface area contributed by atoms with Gasteiger partial charge in [-0.2, -0.15) is 10.2 Å². The van der Waals surface area contributed by atoms with Crippen molar-refractivity contribution in [3.63, 3.8) is 0 Å². The van der Waals surface area contributed by atoms with Crippen molar-refractivity contribution in [3.8, 4) is 5.69 Å². The van der Waals surface area contributed by atoms with Crippen LogP contribution in [0, 0.1) is 0 Å². The molecule has 32 heavy (non-hydrogen) atoms. The van der Waals surface area contributed by atoms with Gasteiger partial charge < -0.3 is 9.47 Å². The Balaban J connectivity index is 1.35. The zero-order valence-electron chi connectivity index (χ0n) is 17.9. The van der Waals surface area contributed by atoms with Crippen LogP contribution in [0.15, 0.2) is 53.7 Å². The molecule has 168 valence electrons. The molecule has 1 aliphatic heterocycles. The van der Waals surface area contributed by atoms with Gasteiger partial charge in [0.1, 0.15) is 18.0 Å². The molecule has 4 rings (SSSR count). The van der Waals surface area contributed by atoms with Crippen LogP contribution < -0.4 is 10.7 Å². The molecule has 3 aromatic rings. The summed E-state index contributed by atoms with van der Waals surface area (Å²) in [4.78, 5) is 26.7. The third kappa shape index (κ3) is 5.80. The van der Waals surface area contributed by atoms with Crippen LogP contribution in [0.5, 0.6) is 0 Å². The van der Waals surface area contributed by atoms with Gasteiger partial charge in [0.15, 0.2) is 0 Å². The van der Waals surface area contributed by atoms with E-state index in [4.69, 9.17) is 9.47 Å². The minimum atomic E-state index is -0.507. The number of hydrogen-bond donors (Lipinski definition) is 1. The first-order valence-electron chi connectivity index (χ1n) is 10.5. The summed E-state index contributed by atoms with van der Waals surface area (Å²) in [6.45, 7) is 4.12. The summed E-state index contributed by atoms with van der Waals surface area (Å²) >= 11 is 0. The highest BCUT2D eigenvalue weighted by molar-refractivity contribution is 5.84. The lowest BCUT2D eigenvalue weighted by molar-refractivity contribution is 0.0290. The van der Waals surface area contributed by atoms with Gasteiger partial charge in [-0.15, -0.1) is 0 Å². The number of anilines is 1. The van der Waals surface area contributed by atoms with E-state index < -0.39 is 6.09 Å². The Morgan fingerprint density at radius 1 is 1.25 bits per heavy atom. The molecule has 0 atom stereocenters. The molecule has 0 bridgehead atoms. The molecule has 0 saturated carbocycles. The van der Waals surface area contributed by atoms with E-state index >= 15 is 0 Å². The molecule has 3 heterocycles. The minimum absolute atomic E-state index is 0.147. The molecule has 1 aromatic carbocycles. The van der Waals surface area contributed by atoms with E-state index in [-0.39, 0.29) is 5.43 Å². The number of carbonyl (C=O) groups excluding carboxylic acids is 1. The van der Waals surface area contributed by atoms with E-state index in [2.05, 4.69) is 20.4 Å².